The summed E-state index contributed by atoms with van der Waals surface area (Å²) >= 11 is 6.38. The molecule has 0 bridgehead atoms. The highest BCUT2D eigenvalue weighted by atomic mass is 32.5. The van der Waals surface area contributed by atoms with E-state index in [4.69, 9.17) is 37.1 Å². The maximum atomic E-state index is 12.3. The Labute approximate surface area is 256 Å². The first-order valence-corrected chi connectivity index (χ1v) is 16.7. The molecule has 238 valence electrons. The van der Waals surface area contributed by atoms with Crippen molar-refractivity contribution < 1.29 is 39.1 Å². The van der Waals surface area contributed by atoms with Crippen molar-refractivity contribution in [2.45, 2.75) is 60.2 Å². The average molecular weight is 673 g/mol. The zero-order valence-electron chi connectivity index (χ0n) is 22.8. The lowest BCUT2D eigenvalue weighted by atomic mass is 9.93. The fourth-order valence-corrected chi connectivity index (χ4v) is 8.30. The van der Waals surface area contributed by atoms with Crippen LogP contribution in [0.15, 0.2) is 23.8 Å². The molecule has 4 aromatic heterocycles. The lowest BCUT2D eigenvalue weighted by Gasteiger charge is -2.33. The standard InChI is InChI=1S/C22H29N10O9PS2/c1-2-22(14(36)12(35)19(40-22)31-6-27-9-15(23)25-5-26-16(9)31)4-39-42(38,43)41-13-11(34)8(3-33)44-20(13)32-7-28-10-17(32)29-21(24)30-18(10)37/h5-8,11-14,19-20,33-36H,2-4H2,1H3,(H,38,43)(H2,23,25,26)(H3,24,29,30,37)/t8-,11-,12-,13-,14+,19-,20-,22-,42?/m1/s1. The van der Waals surface area contributed by atoms with E-state index in [-0.39, 0.29) is 40.5 Å². The van der Waals surface area contributed by atoms with Crippen LogP contribution in [0.4, 0.5) is 11.8 Å². The molecular weight excluding hydrogens is 643 g/mol. The van der Waals surface area contributed by atoms with Gasteiger partial charge in [0.05, 0.1) is 37.2 Å². The van der Waals surface area contributed by atoms with E-state index in [1.54, 1.807) is 6.92 Å². The molecular formula is C22H29N10O9PS2. The van der Waals surface area contributed by atoms with Crippen molar-refractivity contribution in [2.75, 3.05) is 24.7 Å². The Bertz CT molecular complexity index is 1810. The van der Waals surface area contributed by atoms with Gasteiger partial charge in [0.25, 0.3) is 5.56 Å². The Hall–Kier alpha value is -2.82. The number of nitrogens with one attached hydrogen (secondary N) is 1. The highest BCUT2D eigenvalue weighted by molar-refractivity contribution is 8.07. The van der Waals surface area contributed by atoms with Crippen LogP contribution >= 0.6 is 18.5 Å². The second-order valence-corrected chi connectivity index (χ2v) is 14.4. The number of imidazole rings is 2. The van der Waals surface area contributed by atoms with E-state index < -0.39 is 72.4 Å². The normalized spacial score (nSPS) is 32.1. The number of fused-ring (bicyclic) bond motifs is 2. The second-order valence-electron chi connectivity index (χ2n) is 10.3. The molecule has 2 aliphatic heterocycles. The molecule has 9 atom stereocenters. The van der Waals surface area contributed by atoms with E-state index in [0.29, 0.717) is 0 Å². The molecule has 19 nitrogen and oxygen atoms in total. The summed E-state index contributed by atoms with van der Waals surface area (Å²) in [5.41, 5.74) is 10.0. The molecule has 2 saturated heterocycles. The van der Waals surface area contributed by atoms with Gasteiger partial charge in [-0.3, -0.25) is 23.4 Å². The Morgan fingerprint density at radius 2 is 1.86 bits per heavy atom. The monoisotopic (exact) mass is 672 g/mol. The maximum absolute atomic E-state index is 12.3. The van der Waals surface area contributed by atoms with Crippen molar-refractivity contribution in [2.24, 2.45) is 0 Å². The fourth-order valence-electron chi connectivity index (χ4n) is 5.35. The summed E-state index contributed by atoms with van der Waals surface area (Å²) in [7, 11) is 0. The third kappa shape index (κ3) is 5.16. The van der Waals surface area contributed by atoms with Gasteiger partial charge >= 0.3 is 6.72 Å². The first kappa shape index (κ1) is 31.2. The number of aromatic nitrogens is 8. The van der Waals surface area contributed by atoms with Crippen LogP contribution in [0.2, 0.25) is 0 Å². The summed E-state index contributed by atoms with van der Waals surface area (Å²) in [6.45, 7) is -3.49. The van der Waals surface area contributed by atoms with Crippen LogP contribution in [-0.2, 0) is 25.6 Å². The zero-order valence-corrected chi connectivity index (χ0v) is 25.3. The van der Waals surface area contributed by atoms with Gasteiger partial charge < -0.3 is 46.0 Å². The number of rotatable bonds is 9. The Kier molecular flexibility index (Phi) is 8.16. The first-order valence-electron chi connectivity index (χ1n) is 13.2. The van der Waals surface area contributed by atoms with Crippen LogP contribution in [0.1, 0.15) is 24.9 Å². The summed E-state index contributed by atoms with van der Waals surface area (Å²) in [5.74, 6) is -0.0478. The third-order valence-corrected chi connectivity index (χ3v) is 10.8. The molecule has 0 aromatic carbocycles. The number of ether oxygens (including phenoxy) is 1. The number of nitrogens with two attached hydrogens (primary N) is 2. The van der Waals surface area contributed by atoms with Gasteiger partial charge in [0.1, 0.15) is 41.1 Å². The Balaban J connectivity index is 1.23. The summed E-state index contributed by atoms with van der Waals surface area (Å²) in [4.78, 5) is 46.2. The molecule has 44 heavy (non-hydrogen) atoms. The molecule has 0 radical (unpaired) electrons. The molecule has 10 N–H and O–H groups in total. The molecule has 2 fully saturated rings. The van der Waals surface area contributed by atoms with Crippen LogP contribution in [-0.4, -0.2) is 113 Å². The molecule has 2 aliphatic rings. The summed E-state index contributed by atoms with van der Waals surface area (Å²) in [6, 6.07) is 0. The van der Waals surface area contributed by atoms with E-state index in [1.807, 2.05) is 0 Å². The van der Waals surface area contributed by atoms with Crippen LogP contribution in [0.25, 0.3) is 22.3 Å². The molecule has 0 saturated carbocycles. The van der Waals surface area contributed by atoms with E-state index in [0.717, 1.165) is 11.8 Å². The average Bonchev–Trinajstić information content (AvgIpc) is 3.73. The van der Waals surface area contributed by atoms with Gasteiger partial charge in [0.15, 0.2) is 28.9 Å². The molecule has 22 heteroatoms. The smallest absolute Gasteiger partial charge is 0.325 e. The maximum Gasteiger partial charge on any atom is 0.325 e. The van der Waals surface area contributed by atoms with Crippen molar-refractivity contribution >= 4 is 64.4 Å². The van der Waals surface area contributed by atoms with Gasteiger partial charge in [0.2, 0.25) is 5.95 Å². The predicted octanol–water partition coefficient (Wildman–Crippen LogP) is -1.89. The third-order valence-electron chi connectivity index (χ3n) is 7.71. The summed E-state index contributed by atoms with van der Waals surface area (Å²) < 4.78 is 20.4. The highest BCUT2D eigenvalue weighted by Crippen LogP contribution is 2.54. The quantitative estimate of drug-likeness (QED) is 0.0902. The fraction of sp³-hybridized carbons (Fsp3) is 0.545. The summed E-state index contributed by atoms with van der Waals surface area (Å²) in [6.07, 6.45) is -2.76. The molecule has 4 aromatic rings. The lowest BCUT2D eigenvalue weighted by Crippen LogP contribution is -2.46. The van der Waals surface area contributed by atoms with Gasteiger partial charge in [-0.15, -0.1) is 11.8 Å². The van der Waals surface area contributed by atoms with Crippen molar-refractivity contribution in [3.8, 4) is 0 Å². The molecule has 6 rings (SSSR count). The molecule has 0 amide bonds. The van der Waals surface area contributed by atoms with Crippen molar-refractivity contribution in [3.63, 3.8) is 0 Å². The minimum absolute atomic E-state index is 0.0228. The number of H-pyrrole nitrogens is 1. The largest absolute Gasteiger partial charge is 0.395 e. The second kappa shape index (κ2) is 11.5. The molecule has 0 spiro atoms. The van der Waals surface area contributed by atoms with E-state index in [2.05, 4.69) is 29.9 Å². The SMILES string of the molecule is CC[C@]1(COP(O)(=S)O[C@@H]2[C@H](O)[C@@H](CO)S[C@H]2n2cnc3c(=O)[nH]c(N)nc32)O[C@@H](n2cnc3c(N)ncnc32)[C@H](O)[C@@H]1O. The molecule has 0 aliphatic carbocycles. The van der Waals surface area contributed by atoms with Crippen molar-refractivity contribution in [3.05, 3.63) is 29.3 Å². The van der Waals surface area contributed by atoms with Crippen LogP contribution in [0, 0.1) is 0 Å². The topological polar surface area (TPSA) is 288 Å². The number of aliphatic hydroxyl groups is 4. The number of hydrogen-bond acceptors (Lipinski definition) is 17. The van der Waals surface area contributed by atoms with E-state index in [9.17, 15) is 30.1 Å². The van der Waals surface area contributed by atoms with Gasteiger partial charge in [-0.2, -0.15) is 4.98 Å². The number of aromatic amines is 1. The van der Waals surface area contributed by atoms with Gasteiger partial charge in [0, 0.05) is 0 Å². The van der Waals surface area contributed by atoms with Crippen LogP contribution in [0.3, 0.4) is 0 Å². The minimum atomic E-state index is -4.21. The zero-order chi connectivity index (χ0) is 31.6. The van der Waals surface area contributed by atoms with Gasteiger partial charge in [-0.1, -0.05) is 6.92 Å². The number of hydrogen-bond donors (Lipinski definition) is 8. The lowest BCUT2D eigenvalue weighted by molar-refractivity contribution is -0.127. The van der Waals surface area contributed by atoms with E-state index in [1.165, 1.54) is 28.1 Å². The Morgan fingerprint density at radius 1 is 1.14 bits per heavy atom. The molecule has 6 heterocycles. The van der Waals surface area contributed by atoms with Gasteiger partial charge in [-0.05, 0) is 18.2 Å². The number of thioether (sulfide) groups is 1. The van der Waals surface area contributed by atoms with Crippen molar-refractivity contribution in [1.29, 1.82) is 0 Å². The number of aliphatic hydroxyl groups excluding tert-OH is 4. The number of nitrogen functional groups attached to an aromatic ring is 2. The van der Waals surface area contributed by atoms with E-state index >= 15 is 0 Å². The predicted molar refractivity (Wildman–Crippen MR) is 158 cm³/mol. The first-order chi connectivity index (χ1) is 20.9. The van der Waals surface area contributed by atoms with Gasteiger partial charge in [-0.25, -0.2) is 19.9 Å². The number of anilines is 2. The van der Waals surface area contributed by atoms with Crippen LogP contribution in [0.5, 0.6) is 0 Å². The Morgan fingerprint density at radius 3 is 2.59 bits per heavy atom. The highest BCUT2D eigenvalue weighted by Gasteiger charge is 2.55. The van der Waals surface area contributed by atoms with Crippen molar-refractivity contribution in [1.82, 2.24) is 39.0 Å². The molecule has 1 unspecified atom stereocenters. The number of nitrogens with zero attached hydrogens (tertiary/aromatic N) is 7. The van der Waals surface area contributed by atoms with Crippen LogP contribution < -0.4 is 17.0 Å². The summed E-state index contributed by atoms with van der Waals surface area (Å²) in [5, 5.41) is 41.3. The minimum Gasteiger partial charge on any atom is -0.395 e.